The molecule has 148 valence electrons. The fraction of sp³-hybridized carbons (Fsp3) is 0.0909. The highest BCUT2D eigenvalue weighted by molar-refractivity contribution is 5.87. The zero-order chi connectivity index (χ0) is 20.5. The van der Waals surface area contributed by atoms with E-state index in [1.54, 1.807) is 12.4 Å². The lowest BCUT2D eigenvalue weighted by Crippen LogP contribution is -2.01. The first kappa shape index (κ1) is 17.9. The summed E-state index contributed by atoms with van der Waals surface area (Å²) in [6.07, 6.45) is 6.94. The van der Waals surface area contributed by atoms with Crippen LogP contribution in [0.4, 0.5) is 11.6 Å². The van der Waals surface area contributed by atoms with Gasteiger partial charge >= 0.3 is 0 Å². The normalized spacial score (nSPS) is 11.1. The quantitative estimate of drug-likeness (QED) is 0.467. The molecule has 3 N–H and O–H groups in total. The van der Waals surface area contributed by atoms with Gasteiger partial charge in [0.1, 0.15) is 36.0 Å². The third-order valence-corrected chi connectivity index (χ3v) is 4.90. The molecule has 4 heterocycles. The molecule has 0 saturated carbocycles. The lowest BCUT2D eigenvalue weighted by molar-refractivity contribution is 0.306. The number of rotatable bonds is 5. The van der Waals surface area contributed by atoms with Crippen LogP contribution in [0.2, 0.25) is 0 Å². The number of hydrogen-bond acceptors (Lipinski definition) is 7. The summed E-state index contributed by atoms with van der Waals surface area (Å²) >= 11 is 0. The van der Waals surface area contributed by atoms with Crippen molar-refractivity contribution in [3.8, 4) is 11.4 Å². The Bertz CT molecular complexity index is 1360. The molecule has 0 spiro atoms. The van der Waals surface area contributed by atoms with Crippen molar-refractivity contribution in [2.45, 2.75) is 6.61 Å². The molecular weight excluding hydrogens is 378 g/mol. The van der Waals surface area contributed by atoms with Crippen molar-refractivity contribution in [3.05, 3.63) is 72.9 Å². The van der Waals surface area contributed by atoms with Gasteiger partial charge in [0.25, 0.3) is 0 Å². The Morgan fingerprint density at radius 3 is 2.87 bits per heavy atom. The number of aromatic nitrogens is 5. The fourth-order valence-corrected chi connectivity index (χ4v) is 3.36. The molecule has 0 aliphatic carbocycles. The second kappa shape index (κ2) is 7.32. The van der Waals surface area contributed by atoms with Crippen molar-refractivity contribution >= 4 is 33.6 Å². The van der Waals surface area contributed by atoms with Crippen molar-refractivity contribution in [1.82, 2.24) is 24.5 Å². The molecule has 4 aromatic heterocycles. The molecule has 1 aromatic carbocycles. The summed E-state index contributed by atoms with van der Waals surface area (Å²) in [5, 5.41) is 4.92. The van der Waals surface area contributed by atoms with Crippen LogP contribution in [0.25, 0.3) is 27.6 Å². The molecule has 0 aliphatic rings. The summed E-state index contributed by atoms with van der Waals surface area (Å²) in [6, 6.07) is 13.8. The molecule has 0 fully saturated rings. The molecule has 0 saturated heterocycles. The molecule has 0 amide bonds. The highest BCUT2D eigenvalue weighted by atomic mass is 16.5. The number of benzene rings is 1. The van der Waals surface area contributed by atoms with E-state index in [0.29, 0.717) is 12.4 Å². The predicted molar refractivity (Wildman–Crippen MR) is 117 cm³/mol. The molecule has 0 aliphatic heterocycles. The van der Waals surface area contributed by atoms with Gasteiger partial charge in [-0.1, -0.05) is 0 Å². The van der Waals surface area contributed by atoms with Crippen molar-refractivity contribution in [2.24, 2.45) is 0 Å². The minimum atomic E-state index is 0.383. The molecule has 0 radical (unpaired) electrons. The SMILES string of the molecule is CNc1ccc2ccc(OCc3cncc(-n4ccc5c(N)ncnc54)c3)cc2n1. The number of hydrogen-bond donors (Lipinski definition) is 2. The van der Waals surface area contributed by atoms with E-state index in [1.165, 1.54) is 6.33 Å². The molecule has 5 rings (SSSR count). The monoisotopic (exact) mass is 397 g/mol. The van der Waals surface area contributed by atoms with Crippen LogP contribution in [-0.2, 0) is 6.61 Å². The predicted octanol–water partition coefficient (Wildman–Crippen LogP) is 3.57. The second-order valence-corrected chi connectivity index (χ2v) is 6.82. The Morgan fingerprint density at radius 1 is 1.07 bits per heavy atom. The van der Waals surface area contributed by atoms with E-state index in [0.717, 1.165) is 44.8 Å². The first-order valence-electron chi connectivity index (χ1n) is 9.44. The highest BCUT2D eigenvalue weighted by Gasteiger charge is 2.09. The lowest BCUT2D eigenvalue weighted by atomic mass is 10.2. The van der Waals surface area contributed by atoms with E-state index in [2.05, 4.69) is 25.3 Å². The Morgan fingerprint density at radius 2 is 1.97 bits per heavy atom. The third-order valence-electron chi connectivity index (χ3n) is 4.90. The van der Waals surface area contributed by atoms with E-state index in [1.807, 2.05) is 60.3 Å². The van der Waals surface area contributed by atoms with Gasteiger partial charge in [0.15, 0.2) is 0 Å². The number of pyridine rings is 2. The number of anilines is 2. The summed E-state index contributed by atoms with van der Waals surface area (Å²) in [6.45, 7) is 0.383. The third kappa shape index (κ3) is 3.24. The lowest BCUT2D eigenvalue weighted by Gasteiger charge is -2.10. The summed E-state index contributed by atoms with van der Waals surface area (Å²) in [4.78, 5) is 17.3. The van der Waals surface area contributed by atoms with E-state index in [-0.39, 0.29) is 0 Å². The van der Waals surface area contributed by atoms with Crippen LogP contribution in [0.15, 0.2) is 67.4 Å². The van der Waals surface area contributed by atoms with Gasteiger partial charge in [-0.25, -0.2) is 15.0 Å². The smallest absolute Gasteiger partial charge is 0.150 e. The minimum Gasteiger partial charge on any atom is -0.489 e. The van der Waals surface area contributed by atoms with Gasteiger partial charge in [0.2, 0.25) is 0 Å². The Balaban J connectivity index is 1.40. The van der Waals surface area contributed by atoms with E-state index in [4.69, 9.17) is 10.5 Å². The maximum Gasteiger partial charge on any atom is 0.150 e. The van der Waals surface area contributed by atoms with Crippen LogP contribution in [0.3, 0.4) is 0 Å². The van der Waals surface area contributed by atoms with Crippen molar-refractivity contribution < 1.29 is 4.74 Å². The Kier molecular flexibility index (Phi) is 4.36. The van der Waals surface area contributed by atoms with Gasteiger partial charge in [0, 0.05) is 36.5 Å². The first-order chi connectivity index (χ1) is 14.7. The maximum atomic E-state index is 6.00. The average Bonchev–Trinajstić information content (AvgIpc) is 3.23. The number of nitrogen functional groups attached to an aromatic ring is 1. The van der Waals surface area contributed by atoms with Gasteiger partial charge in [0.05, 0.1) is 22.8 Å². The summed E-state index contributed by atoms with van der Waals surface area (Å²) < 4.78 is 7.93. The van der Waals surface area contributed by atoms with Crippen LogP contribution in [0.1, 0.15) is 5.56 Å². The van der Waals surface area contributed by atoms with E-state index < -0.39 is 0 Å². The number of nitrogens with two attached hydrogens (primary N) is 1. The minimum absolute atomic E-state index is 0.383. The zero-order valence-corrected chi connectivity index (χ0v) is 16.3. The second-order valence-electron chi connectivity index (χ2n) is 6.82. The Hall–Kier alpha value is -4.20. The Labute approximate surface area is 172 Å². The van der Waals surface area contributed by atoms with Gasteiger partial charge in [-0.15, -0.1) is 0 Å². The topological polar surface area (TPSA) is 104 Å². The van der Waals surface area contributed by atoms with Crippen LogP contribution in [0.5, 0.6) is 5.75 Å². The van der Waals surface area contributed by atoms with E-state index >= 15 is 0 Å². The molecule has 8 nitrogen and oxygen atoms in total. The van der Waals surface area contributed by atoms with Crippen LogP contribution >= 0.6 is 0 Å². The molecule has 30 heavy (non-hydrogen) atoms. The summed E-state index contributed by atoms with van der Waals surface area (Å²) in [7, 11) is 1.85. The fourth-order valence-electron chi connectivity index (χ4n) is 3.36. The number of nitrogens with one attached hydrogen (secondary N) is 1. The van der Waals surface area contributed by atoms with Crippen molar-refractivity contribution in [2.75, 3.05) is 18.1 Å². The van der Waals surface area contributed by atoms with Gasteiger partial charge in [-0.2, -0.15) is 0 Å². The number of fused-ring (bicyclic) bond motifs is 2. The molecule has 0 bridgehead atoms. The van der Waals surface area contributed by atoms with Crippen LogP contribution < -0.4 is 15.8 Å². The first-order valence-corrected chi connectivity index (χ1v) is 9.44. The van der Waals surface area contributed by atoms with Crippen LogP contribution in [0, 0.1) is 0 Å². The average molecular weight is 397 g/mol. The van der Waals surface area contributed by atoms with E-state index in [9.17, 15) is 0 Å². The highest BCUT2D eigenvalue weighted by Crippen LogP contribution is 2.24. The van der Waals surface area contributed by atoms with Crippen molar-refractivity contribution in [3.63, 3.8) is 0 Å². The molecule has 0 unspecified atom stereocenters. The maximum absolute atomic E-state index is 6.00. The molecule has 5 aromatic rings. The summed E-state index contributed by atoms with van der Waals surface area (Å²) in [5.41, 5.74) is 9.37. The number of nitrogens with zero attached hydrogens (tertiary/aromatic N) is 5. The van der Waals surface area contributed by atoms with Crippen molar-refractivity contribution in [1.29, 1.82) is 0 Å². The van der Waals surface area contributed by atoms with Gasteiger partial charge in [-0.3, -0.25) is 9.55 Å². The standard InChI is InChI=1S/C22H19N7O/c1-24-20-5-3-15-2-4-17(9-19(15)28-20)30-12-14-8-16(11-25-10-14)29-7-6-18-21(23)26-13-27-22(18)29/h2-11,13H,12H2,1H3,(H,24,28)(H2,23,26,27). The number of ether oxygens (including phenoxy) is 1. The van der Waals surface area contributed by atoms with Crippen LogP contribution in [-0.4, -0.2) is 31.6 Å². The summed E-state index contributed by atoms with van der Waals surface area (Å²) in [5.74, 6) is 2.03. The van der Waals surface area contributed by atoms with Gasteiger partial charge in [-0.05, 0) is 36.4 Å². The zero-order valence-electron chi connectivity index (χ0n) is 16.3. The molecule has 8 heteroatoms. The molecular formula is C22H19N7O. The molecule has 0 atom stereocenters. The van der Waals surface area contributed by atoms with Gasteiger partial charge < -0.3 is 15.8 Å². The largest absolute Gasteiger partial charge is 0.489 e.